The Balaban J connectivity index is 2.57. The molecule has 0 spiro atoms. The summed E-state index contributed by atoms with van der Waals surface area (Å²) in [6.07, 6.45) is 1.86. The van der Waals surface area contributed by atoms with E-state index in [4.69, 9.17) is 9.47 Å². The molecule has 0 aromatic carbocycles. The van der Waals surface area contributed by atoms with Crippen LogP contribution in [0.15, 0.2) is 6.20 Å². The Bertz CT molecular complexity index is 310. The lowest BCUT2D eigenvalue weighted by Gasteiger charge is -2.07. The highest BCUT2D eigenvalue weighted by atomic mass is 16.5. The highest BCUT2D eigenvalue weighted by molar-refractivity contribution is 5.42. The van der Waals surface area contributed by atoms with E-state index >= 15 is 0 Å². The molecule has 1 aromatic heterocycles. The van der Waals surface area contributed by atoms with Gasteiger partial charge in [0.05, 0.1) is 26.0 Å². The van der Waals surface area contributed by atoms with Crippen LogP contribution >= 0.6 is 0 Å². The number of hydrogen-bond donors (Lipinski definition) is 0. The molecule has 1 aromatic rings. The number of nitrogens with zero attached hydrogens (tertiary/aromatic N) is 1. The van der Waals surface area contributed by atoms with Gasteiger partial charge in [0.25, 0.3) is 0 Å². The summed E-state index contributed by atoms with van der Waals surface area (Å²) in [5.41, 5.74) is 3.24. The summed E-state index contributed by atoms with van der Waals surface area (Å²) < 4.78 is 10.5. The summed E-state index contributed by atoms with van der Waals surface area (Å²) >= 11 is 0. The van der Waals surface area contributed by atoms with Crippen molar-refractivity contribution >= 4 is 0 Å². The maximum atomic E-state index is 5.29. The van der Waals surface area contributed by atoms with Crippen molar-refractivity contribution in [3.8, 4) is 5.75 Å². The van der Waals surface area contributed by atoms with Gasteiger partial charge in [0.1, 0.15) is 5.75 Å². The molecule has 3 heteroatoms. The third-order valence-electron chi connectivity index (χ3n) is 2.11. The van der Waals surface area contributed by atoms with Crippen LogP contribution in [0.4, 0.5) is 0 Å². The second-order valence-electron chi connectivity index (χ2n) is 2.87. The molecule has 0 N–H and O–H groups in total. The Morgan fingerprint density at radius 3 is 3.08 bits per heavy atom. The SMILES string of the molecule is COc1c(C)ncc2c1COC2. The first-order valence-electron chi connectivity index (χ1n) is 3.92. The molecule has 1 aliphatic rings. The van der Waals surface area contributed by atoms with E-state index in [1.165, 1.54) is 0 Å². The van der Waals surface area contributed by atoms with Crippen molar-refractivity contribution in [3.63, 3.8) is 0 Å². The number of rotatable bonds is 1. The number of aryl methyl sites for hydroxylation is 1. The normalized spacial score (nSPS) is 14.5. The van der Waals surface area contributed by atoms with Gasteiger partial charge in [-0.15, -0.1) is 0 Å². The van der Waals surface area contributed by atoms with Crippen LogP contribution in [0.2, 0.25) is 0 Å². The van der Waals surface area contributed by atoms with Crippen molar-refractivity contribution in [2.45, 2.75) is 20.1 Å². The fraction of sp³-hybridized carbons (Fsp3) is 0.444. The molecule has 0 aliphatic carbocycles. The predicted octanol–water partition coefficient (Wildman–Crippen LogP) is 1.43. The summed E-state index contributed by atoms with van der Waals surface area (Å²) in [6.45, 7) is 3.26. The van der Waals surface area contributed by atoms with Gasteiger partial charge < -0.3 is 9.47 Å². The molecule has 0 amide bonds. The third-order valence-corrected chi connectivity index (χ3v) is 2.11. The summed E-state index contributed by atoms with van der Waals surface area (Å²) in [5, 5.41) is 0. The number of aromatic nitrogens is 1. The average molecular weight is 165 g/mol. The maximum absolute atomic E-state index is 5.29. The third kappa shape index (κ3) is 0.975. The van der Waals surface area contributed by atoms with Gasteiger partial charge in [-0.05, 0) is 6.92 Å². The minimum atomic E-state index is 0.655. The van der Waals surface area contributed by atoms with Gasteiger partial charge in [0.15, 0.2) is 0 Å². The molecule has 0 atom stereocenters. The summed E-state index contributed by atoms with van der Waals surface area (Å²) in [6, 6.07) is 0. The molecule has 2 heterocycles. The van der Waals surface area contributed by atoms with Gasteiger partial charge in [0.2, 0.25) is 0 Å². The Kier molecular flexibility index (Phi) is 1.73. The molecule has 0 bridgehead atoms. The minimum absolute atomic E-state index is 0.655. The first kappa shape index (κ1) is 7.55. The fourth-order valence-electron chi connectivity index (χ4n) is 1.49. The van der Waals surface area contributed by atoms with E-state index in [1.54, 1.807) is 7.11 Å². The average Bonchev–Trinajstić information content (AvgIpc) is 2.52. The number of hydrogen-bond acceptors (Lipinski definition) is 3. The highest BCUT2D eigenvalue weighted by Crippen LogP contribution is 2.30. The topological polar surface area (TPSA) is 31.4 Å². The molecule has 64 valence electrons. The van der Waals surface area contributed by atoms with Crippen molar-refractivity contribution in [3.05, 3.63) is 23.0 Å². The molecule has 2 rings (SSSR count). The minimum Gasteiger partial charge on any atom is -0.494 e. The van der Waals surface area contributed by atoms with Crippen molar-refractivity contribution in [2.75, 3.05) is 7.11 Å². The van der Waals surface area contributed by atoms with Gasteiger partial charge in [-0.2, -0.15) is 0 Å². The lowest BCUT2D eigenvalue weighted by atomic mass is 10.1. The van der Waals surface area contributed by atoms with E-state index in [0.717, 1.165) is 22.6 Å². The van der Waals surface area contributed by atoms with E-state index in [0.29, 0.717) is 13.2 Å². The zero-order valence-electron chi connectivity index (χ0n) is 7.26. The zero-order valence-corrected chi connectivity index (χ0v) is 7.26. The second kappa shape index (κ2) is 2.75. The predicted molar refractivity (Wildman–Crippen MR) is 44.0 cm³/mol. The molecule has 0 saturated carbocycles. The van der Waals surface area contributed by atoms with E-state index in [2.05, 4.69) is 4.98 Å². The van der Waals surface area contributed by atoms with Crippen molar-refractivity contribution < 1.29 is 9.47 Å². The van der Waals surface area contributed by atoms with Crippen LogP contribution in [0, 0.1) is 6.92 Å². The van der Waals surface area contributed by atoms with Crippen LogP contribution in [0.25, 0.3) is 0 Å². The molecule has 0 radical (unpaired) electrons. The number of fused-ring (bicyclic) bond motifs is 1. The number of ether oxygens (including phenoxy) is 2. The van der Waals surface area contributed by atoms with Crippen LogP contribution in [0.1, 0.15) is 16.8 Å². The molecule has 0 fully saturated rings. The quantitative estimate of drug-likeness (QED) is 0.630. The molecule has 0 saturated heterocycles. The Morgan fingerprint density at radius 1 is 1.50 bits per heavy atom. The van der Waals surface area contributed by atoms with Crippen LogP contribution < -0.4 is 4.74 Å². The van der Waals surface area contributed by atoms with Crippen LogP contribution in [0.5, 0.6) is 5.75 Å². The lowest BCUT2D eigenvalue weighted by molar-refractivity contribution is 0.133. The van der Waals surface area contributed by atoms with Gasteiger partial charge in [-0.25, -0.2) is 0 Å². The fourth-order valence-corrected chi connectivity index (χ4v) is 1.49. The molecular formula is C9H11NO2. The second-order valence-corrected chi connectivity index (χ2v) is 2.87. The van der Waals surface area contributed by atoms with Gasteiger partial charge >= 0.3 is 0 Å². The first-order chi connectivity index (χ1) is 5.83. The van der Waals surface area contributed by atoms with Crippen molar-refractivity contribution in [1.29, 1.82) is 0 Å². The number of methoxy groups -OCH3 is 1. The van der Waals surface area contributed by atoms with Crippen molar-refractivity contribution in [1.82, 2.24) is 4.98 Å². The van der Waals surface area contributed by atoms with Gasteiger partial charge in [-0.3, -0.25) is 4.98 Å². The standard InChI is InChI=1S/C9H11NO2/c1-6-9(11-2)8-5-12-4-7(8)3-10-6/h3H,4-5H2,1-2H3. The largest absolute Gasteiger partial charge is 0.494 e. The Morgan fingerprint density at radius 2 is 2.33 bits per heavy atom. The zero-order chi connectivity index (χ0) is 8.55. The molecule has 3 nitrogen and oxygen atoms in total. The van der Waals surface area contributed by atoms with Gasteiger partial charge in [0, 0.05) is 17.3 Å². The highest BCUT2D eigenvalue weighted by Gasteiger charge is 2.18. The maximum Gasteiger partial charge on any atom is 0.145 e. The monoisotopic (exact) mass is 165 g/mol. The van der Waals surface area contributed by atoms with E-state index in [9.17, 15) is 0 Å². The first-order valence-corrected chi connectivity index (χ1v) is 3.92. The van der Waals surface area contributed by atoms with Crippen LogP contribution in [0.3, 0.4) is 0 Å². The summed E-state index contributed by atoms with van der Waals surface area (Å²) in [4.78, 5) is 4.22. The van der Waals surface area contributed by atoms with E-state index in [-0.39, 0.29) is 0 Å². The summed E-state index contributed by atoms with van der Waals surface area (Å²) in [7, 11) is 1.67. The van der Waals surface area contributed by atoms with Crippen molar-refractivity contribution in [2.24, 2.45) is 0 Å². The van der Waals surface area contributed by atoms with E-state index in [1.807, 2.05) is 13.1 Å². The smallest absolute Gasteiger partial charge is 0.145 e. The number of pyridine rings is 1. The molecular weight excluding hydrogens is 154 g/mol. The lowest BCUT2D eigenvalue weighted by Crippen LogP contribution is -1.96. The molecule has 1 aliphatic heterocycles. The van der Waals surface area contributed by atoms with Gasteiger partial charge in [-0.1, -0.05) is 0 Å². The summed E-state index contributed by atoms with van der Waals surface area (Å²) in [5.74, 6) is 0.880. The Hall–Kier alpha value is -1.09. The Labute approximate surface area is 71.3 Å². The van der Waals surface area contributed by atoms with Crippen LogP contribution in [-0.4, -0.2) is 12.1 Å². The molecule has 12 heavy (non-hydrogen) atoms. The van der Waals surface area contributed by atoms with Crippen LogP contribution in [-0.2, 0) is 18.0 Å². The van der Waals surface area contributed by atoms with E-state index < -0.39 is 0 Å². The molecule has 0 unspecified atom stereocenters.